The number of hydrogen-bond donors (Lipinski definition) is 2. The van der Waals surface area contributed by atoms with E-state index in [1.807, 2.05) is 36.9 Å². The van der Waals surface area contributed by atoms with Crippen molar-refractivity contribution in [2.75, 3.05) is 29.9 Å². The number of benzene rings is 1. The van der Waals surface area contributed by atoms with Crippen molar-refractivity contribution in [3.63, 3.8) is 0 Å². The zero-order valence-electron chi connectivity index (χ0n) is 17.3. The summed E-state index contributed by atoms with van der Waals surface area (Å²) in [5.74, 6) is 0.477. The highest BCUT2D eigenvalue weighted by Gasteiger charge is 2.22. The lowest BCUT2D eigenvalue weighted by molar-refractivity contribution is -0.120. The fourth-order valence-corrected chi connectivity index (χ4v) is 3.77. The van der Waals surface area contributed by atoms with Crippen molar-refractivity contribution >= 4 is 34.9 Å². The van der Waals surface area contributed by atoms with Gasteiger partial charge in [-0.1, -0.05) is 31.5 Å². The zero-order valence-corrected chi connectivity index (χ0v) is 18.1. The third-order valence-corrected chi connectivity index (χ3v) is 5.25. The van der Waals surface area contributed by atoms with E-state index in [-0.39, 0.29) is 24.3 Å². The number of hydrogen-bond acceptors (Lipinski definition) is 5. The lowest BCUT2D eigenvalue weighted by Gasteiger charge is -2.27. The van der Waals surface area contributed by atoms with Gasteiger partial charge in [-0.15, -0.1) is 0 Å². The van der Waals surface area contributed by atoms with Crippen molar-refractivity contribution in [2.24, 2.45) is 0 Å². The molecule has 3 heterocycles. The Morgan fingerprint density at radius 2 is 2.06 bits per heavy atom. The molecule has 0 spiro atoms. The van der Waals surface area contributed by atoms with Gasteiger partial charge in [-0.25, -0.2) is 9.67 Å². The SMILES string of the molecule is CC(C)c1c(C(=O)Nc2ccc(N3CCNC(=O)C3)nc2)cnn1-c1cccc(Cl)c1. The third-order valence-electron chi connectivity index (χ3n) is 5.02. The van der Waals surface area contributed by atoms with E-state index in [4.69, 9.17) is 11.6 Å². The van der Waals surface area contributed by atoms with Crippen LogP contribution in [0.15, 0.2) is 48.8 Å². The van der Waals surface area contributed by atoms with Gasteiger partial charge < -0.3 is 15.5 Å². The Morgan fingerprint density at radius 1 is 1.23 bits per heavy atom. The van der Waals surface area contributed by atoms with Gasteiger partial charge in [-0.05, 0) is 36.2 Å². The molecular weight excluding hydrogens is 416 g/mol. The van der Waals surface area contributed by atoms with Crippen LogP contribution >= 0.6 is 11.6 Å². The second-order valence-electron chi connectivity index (χ2n) is 7.62. The number of pyridine rings is 1. The molecule has 3 aromatic rings. The maximum absolute atomic E-state index is 13.0. The van der Waals surface area contributed by atoms with E-state index >= 15 is 0 Å². The number of anilines is 2. The predicted octanol–water partition coefficient (Wildman–Crippen LogP) is 3.23. The first-order valence-electron chi connectivity index (χ1n) is 10.1. The summed E-state index contributed by atoms with van der Waals surface area (Å²) < 4.78 is 1.74. The molecule has 31 heavy (non-hydrogen) atoms. The molecule has 1 aromatic carbocycles. The highest BCUT2D eigenvalue weighted by Crippen LogP contribution is 2.25. The van der Waals surface area contributed by atoms with E-state index in [0.29, 0.717) is 35.2 Å². The lowest BCUT2D eigenvalue weighted by Crippen LogP contribution is -2.48. The van der Waals surface area contributed by atoms with Crippen LogP contribution in [0.25, 0.3) is 5.69 Å². The van der Waals surface area contributed by atoms with Crippen LogP contribution in [0, 0.1) is 0 Å². The zero-order chi connectivity index (χ0) is 22.0. The van der Waals surface area contributed by atoms with Gasteiger partial charge in [0, 0.05) is 18.1 Å². The molecule has 160 valence electrons. The topological polar surface area (TPSA) is 92.2 Å². The second kappa shape index (κ2) is 8.77. The standard InChI is InChI=1S/C22H23ClN6O2/c1-14(2)21-18(12-26-29(21)17-5-3-4-15(23)10-17)22(31)27-16-6-7-19(25-11-16)28-9-8-24-20(30)13-28/h3-7,10-12,14H,8-9,13H2,1-2H3,(H,24,30)(H,27,31). The first-order chi connectivity index (χ1) is 14.9. The maximum atomic E-state index is 13.0. The Labute approximate surface area is 185 Å². The molecule has 1 aliphatic heterocycles. The molecule has 0 saturated carbocycles. The Kier molecular flexibility index (Phi) is 5.90. The molecule has 1 aliphatic rings. The third kappa shape index (κ3) is 4.54. The molecule has 2 amide bonds. The Balaban J connectivity index is 1.54. The van der Waals surface area contributed by atoms with E-state index < -0.39 is 0 Å². The molecular formula is C22H23ClN6O2. The summed E-state index contributed by atoms with van der Waals surface area (Å²) in [6, 6.07) is 10.9. The van der Waals surface area contributed by atoms with E-state index in [9.17, 15) is 9.59 Å². The van der Waals surface area contributed by atoms with E-state index in [1.54, 1.807) is 35.3 Å². The Morgan fingerprint density at radius 3 is 2.74 bits per heavy atom. The number of nitrogens with zero attached hydrogens (tertiary/aromatic N) is 4. The van der Waals surface area contributed by atoms with Gasteiger partial charge in [0.05, 0.1) is 41.6 Å². The molecule has 2 aromatic heterocycles. The summed E-state index contributed by atoms with van der Waals surface area (Å²) in [6.07, 6.45) is 3.16. The second-order valence-corrected chi connectivity index (χ2v) is 8.06. The molecule has 4 rings (SSSR count). The molecule has 1 saturated heterocycles. The van der Waals surface area contributed by atoms with Crippen molar-refractivity contribution < 1.29 is 9.59 Å². The largest absolute Gasteiger partial charge is 0.353 e. The quantitative estimate of drug-likeness (QED) is 0.638. The number of aromatic nitrogens is 3. The summed E-state index contributed by atoms with van der Waals surface area (Å²) in [5, 5.41) is 10.7. The van der Waals surface area contributed by atoms with E-state index in [1.165, 1.54) is 0 Å². The molecule has 1 fully saturated rings. The first-order valence-corrected chi connectivity index (χ1v) is 10.4. The average molecular weight is 439 g/mol. The number of piperazine rings is 1. The molecule has 0 aliphatic carbocycles. The van der Waals surface area contributed by atoms with Crippen molar-refractivity contribution in [2.45, 2.75) is 19.8 Å². The van der Waals surface area contributed by atoms with Crippen molar-refractivity contribution in [1.29, 1.82) is 0 Å². The van der Waals surface area contributed by atoms with Crippen LogP contribution in [0.2, 0.25) is 5.02 Å². The maximum Gasteiger partial charge on any atom is 0.259 e. The van der Waals surface area contributed by atoms with Crippen molar-refractivity contribution in [1.82, 2.24) is 20.1 Å². The summed E-state index contributed by atoms with van der Waals surface area (Å²) in [7, 11) is 0. The fraction of sp³-hybridized carbons (Fsp3) is 0.273. The van der Waals surface area contributed by atoms with Crippen LogP contribution in [-0.2, 0) is 4.79 Å². The lowest BCUT2D eigenvalue weighted by atomic mass is 10.0. The highest BCUT2D eigenvalue weighted by atomic mass is 35.5. The molecule has 0 atom stereocenters. The highest BCUT2D eigenvalue weighted by molar-refractivity contribution is 6.30. The molecule has 0 radical (unpaired) electrons. The van der Waals surface area contributed by atoms with Crippen molar-refractivity contribution in [3.05, 3.63) is 65.1 Å². The molecule has 8 nitrogen and oxygen atoms in total. The van der Waals surface area contributed by atoms with Gasteiger partial charge in [-0.3, -0.25) is 9.59 Å². The molecule has 0 unspecified atom stereocenters. The number of halogens is 1. The number of nitrogens with one attached hydrogen (secondary N) is 2. The van der Waals surface area contributed by atoms with E-state index in [2.05, 4.69) is 20.7 Å². The fourth-order valence-electron chi connectivity index (χ4n) is 3.58. The van der Waals surface area contributed by atoms with Crippen LogP contribution < -0.4 is 15.5 Å². The monoisotopic (exact) mass is 438 g/mol. The average Bonchev–Trinajstić information content (AvgIpc) is 3.20. The van der Waals surface area contributed by atoms with Crippen molar-refractivity contribution in [3.8, 4) is 5.69 Å². The summed E-state index contributed by atoms with van der Waals surface area (Å²) in [4.78, 5) is 30.9. The summed E-state index contributed by atoms with van der Waals surface area (Å²) >= 11 is 6.13. The summed E-state index contributed by atoms with van der Waals surface area (Å²) in [6.45, 7) is 5.59. The first kappa shape index (κ1) is 20.9. The number of carbonyl (C=O) groups is 2. The minimum atomic E-state index is -0.260. The number of amides is 2. The van der Waals surface area contributed by atoms with Gasteiger partial charge in [-0.2, -0.15) is 5.10 Å². The van der Waals surface area contributed by atoms with Crippen LogP contribution in [0.3, 0.4) is 0 Å². The number of rotatable bonds is 5. The van der Waals surface area contributed by atoms with Gasteiger partial charge in [0.1, 0.15) is 5.82 Å². The Hall–Kier alpha value is -3.39. The van der Waals surface area contributed by atoms with Crippen LogP contribution in [0.4, 0.5) is 11.5 Å². The molecule has 9 heteroatoms. The predicted molar refractivity (Wildman–Crippen MR) is 120 cm³/mol. The van der Waals surface area contributed by atoms with Crippen LogP contribution in [0.1, 0.15) is 35.8 Å². The van der Waals surface area contributed by atoms with Crippen LogP contribution in [-0.4, -0.2) is 46.2 Å². The van der Waals surface area contributed by atoms with Gasteiger partial charge in [0.15, 0.2) is 0 Å². The minimum absolute atomic E-state index is 0.0247. The molecule has 2 N–H and O–H groups in total. The minimum Gasteiger partial charge on any atom is -0.353 e. The number of carbonyl (C=O) groups excluding carboxylic acids is 2. The normalized spacial score (nSPS) is 13.9. The molecule has 0 bridgehead atoms. The smallest absolute Gasteiger partial charge is 0.259 e. The van der Waals surface area contributed by atoms with Crippen LogP contribution in [0.5, 0.6) is 0 Å². The van der Waals surface area contributed by atoms with Gasteiger partial charge in [0.2, 0.25) is 5.91 Å². The van der Waals surface area contributed by atoms with Gasteiger partial charge in [0.25, 0.3) is 5.91 Å². The van der Waals surface area contributed by atoms with E-state index in [0.717, 1.165) is 11.4 Å². The summed E-state index contributed by atoms with van der Waals surface area (Å²) in [5.41, 5.74) is 2.66. The van der Waals surface area contributed by atoms with Gasteiger partial charge >= 0.3 is 0 Å². The Bertz CT molecular complexity index is 1110.